The average Bonchev–Trinajstić information content (AvgIpc) is 2.39. The predicted molar refractivity (Wildman–Crippen MR) is 73.6 cm³/mol. The van der Waals surface area contributed by atoms with E-state index in [-0.39, 0.29) is 5.78 Å². The molecule has 0 saturated heterocycles. The topological polar surface area (TPSA) is 42.0 Å². The van der Waals surface area contributed by atoms with Crippen LogP contribution in [0.4, 0.5) is 0 Å². The summed E-state index contributed by atoms with van der Waals surface area (Å²) in [6.07, 6.45) is 1.45. The van der Waals surface area contributed by atoms with Gasteiger partial charge < -0.3 is 5.32 Å². The van der Waals surface area contributed by atoms with Gasteiger partial charge in [-0.25, -0.2) is 0 Å². The zero-order valence-electron chi connectivity index (χ0n) is 10.6. The number of nitrogens with zero attached hydrogens (tertiary/aromatic N) is 1. The summed E-state index contributed by atoms with van der Waals surface area (Å²) in [5, 5.41) is 4.22. The summed E-state index contributed by atoms with van der Waals surface area (Å²) in [5.41, 5.74) is 1.79. The largest absolute Gasteiger partial charge is 0.310 e. The monoisotopic (exact) mass is 242 g/mol. The summed E-state index contributed by atoms with van der Waals surface area (Å²) in [7, 11) is 0. The van der Waals surface area contributed by atoms with Crippen LogP contribution in [0.3, 0.4) is 0 Å². The van der Waals surface area contributed by atoms with Crippen molar-refractivity contribution in [3.8, 4) is 0 Å². The highest BCUT2D eigenvalue weighted by atomic mass is 16.1. The van der Waals surface area contributed by atoms with Crippen molar-refractivity contribution in [3.63, 3.8) is 0 Å². The number of para-hydroxylation sites is 1. The van der Waals surface area contributed by atoms with Crippen molar-refractivity contribution >= 4 is 16.7 Å². The molecule has 1 aromatic carbocycles. The van der Waals surface area contributed by atoms with Crippen LogP contribution >= 0.6 is 0 Å². The number of carbonyl (C=O) groups excluding carboxylic acids is 1. The maximum absolute atomic E-state index is 11.7. The molecule has 0 unspecified atom stereocenters. The van der Waals surface area contributed by atoms with Crippen molar-refractivity contribution in [2.24, 2.45) is 0 Å². The Morgan fingerprint density at radius 3 is 2.89 bits per heavy atom. The lowest BCUT2D eigenvalue weighted by Gasteiger charge is -2.04. The fourth-order valence-corrected chi connectivity index (χ4v) is 1.88. The van der Waals surface area contributed by atoms with Gasteiger partial charge in [-0.15, -0.1) is 0 Å². The molecule has 0 radical (unpaired) electrons. The smallest absolute Gasteiger partial charge is 0.152 e. The van der Waals surface area contributed by atoms with E-state index in [9.17, 15) is 4.79 Å². The molecule has 94 valence electrons. The molecule has 18 heavy (non-hydrogen) atoms. The number of benzene rings is 1. The summed E-state index contributed by atoms with van der Waals surface area (Å²) in [6, 6.07) is 11.9. The minimum atomic E-state index is 0.186. The Balaban J connectivity index is 2.01. The fraction of sp³-hybridized carbons (Fsp3) is 0.333. The molecule has 0 aliphatic rings. The minimum absolute atomic E-state index is 0.186. The van der Waals surface area contributed by atoms with Crippen LogP contribution < -0.4 is 5.32 Å². The summed E-state index contributed by atoms with van der Waals surface area (Å²) in [5.74, 6) is 0.186. The van der Waals surface area contributed by atoms with Crippen LogP contribution in [0.2, 0.25) is 0 Å². The van der Waals surface area contributed by atoms with E-state index in [0.717, 1.165) is 29.6 Å². The third-order valence-corrected chi connectivity index (χ3v) is 2.78. The maximum atomic E-state index is 11.7. The van der Waals surface area contributed by atoms with E-state index >= 15 is 0 Å². The number of hydrogen-bond acceptors (Lipinski definition) is 3. The molecule has 2 aromatic rings. The van der Waals surface area contributed by atoms with Crippen molar-refractivity contribution in [2.45, 2.75) is 19.8 Å². The number of pyridine rings is 1. The van der Waals surface area contributed by atoms with E-state index < -0.39 is 0 Å². The first kappa shape index (κ1) is 12.7. The minimum Gasteiger partial charge on any atom is -0.310 e. The summed E-state index contributed by atoms with van der Waals surface area (Å²) in [4.78, 5) is 16.2. The summed E-state index contributed by atoms with van der Waals surface area (Å²) >= 11 is 0. The number of rotatable bonds is 6. The van der Waals surface area contributed by atoms with Gasteiger partial charge in [-0.2, -0.15) is 0 Å². The summed E-state index contributed by atoms with van der Waals surface area (Å²) < 4.78 is 0. The van der Waals surface area contributed by atoms with Gasteiger partial charge in [-0.05, 0) is 25.1 Å². The maximum Gasteiger partial charge on any atom is 0.152 e. The van der Waals surface area contributed by atoms with E-state index in [0.29, 0.717) is 13.0 Å². The van der Waals surface area contributed by atoms with E-state index in [4.69, 9.17) is 0 Å². The third kappa shape index (κ3) is 3.37. The van der Waals surface area contributed by atoms with Gasteiger partial charge in [0.05, 0.1) is 18.5 Å². The quantitative estimate of drug-likeness (QED) is 0.791. The Labute approximate surface area is 107 Å². The van der Waals surface area contributed by atoms with Crippen molar-refractivity contribution in [1.82, 2.24) is 10.3 Å². The second-order valence-corrected chi connectivity index (χ2v) is 4.39. The highest BCUT2D eigenvalue weighted by Gasteiger charge is 2.05. The van der Waals surface area contributed by atoms with Gasteiger partial charge in [0.15, 0.2) is 5.78 Å². The van der Waals surface area contributed by atoms with E-state index in [1.54, 1.807) is 0 Å². The highest BCUT2D eigenvalue weighted by Crippen LogP contribution is 2.12. The van der Waals surface area contributed by atoms with Crippen LogP contribution in [0.25, 0.3) is 10.9 Å². The standard InChI is InChI=1S/C15H18N2O/c1-2-9-16-11-14(18)10-13-8-7-12-5-3-4-6-15(12)17-13/h3-8,16H,2,9-11H2,1H3. The first-order valence-corrected chi connectivity index (χ1v) is 6.36. The molecule has 3 nitrogen and oxygen atoms in total. The molecular weight excluding hydrogens is 224 g/mol. The first-order valence-electron chi connectivity index (χ1n) is 6.36. The van der Waals surface area contributed by atoms with Crippen molar-refractivity contribution in [3.05, 3.63) is 42.1 Å². The molecule has 0 amide bonds. The van der Waals surface area contributed by atoms with Crippen LogP contribution in [0.1, 0.15) is 19.0 Å². The first-order chi connectivity index (χ1) is 8.79. The van der Waals surface area contributed by atoms with Crippen molar-refractivity contribution in [2.75, 3.05) is 13.1 Å². The van der Waals surface area contributed by atoms with Gasteiger partial charge in [0, 0.05) is 11.1 Å². The predicted octanol–water partition coefficient (Wildman–Crippen LogP) is 2.35. The molecule has 1 N–H and O–H groups in total. The van der Waals surface area contributed by atoms with Crippen LogP contribution in [-0.4, -0.2) is 23.9 Å². The second kappa shape index (κ2) is 6.26. The lowest BCUT2D eigenvalue weighted by atomic mass is 10.1. The number of Topliss-reactive ketones (excluding diaryl/α,β-unsaturated/α-hetero) is 1. The Morgan fingerprint density at radius 1 is 1.22 bits per heavy atom. The molecule has 1 aromatic heterocycles. The molecule has 2 rings (SSSR count). The van der Waals surface area contributed by atoms with Gasteiger partial charge in [-0.3, -0.25) is 9.78 Å². The van der Waals surface area contributed by atoms with E-state index in [1.165, 1.54) is 0 Å². The Bertz CT molecular complexity index is 537. The van der Waals surface area contributed by atoms with Crippen LogP contribution in [0.5, 0.6) is 0 Å². The molecule has 0 aliphatic heterocycles. The van der Waals surface area contributed by atoms with Gasteiger partial charge in [-0.1, -0.05) is 31.2 Å². The Hall–Kier alpha value is -1.74. The number of carbonyl (C=O) groups is 1. The molecule has 0 aliphatic carbocycles. The molecule has 0 spiro atoms. The highest BCUT2D eigenvalue weighted by molar-refractivity contribution is 5.84. The number of aromatic nitrogens is 1. The number of nitrogens with one attached hydrogen (secondary N) is 1. The molecule has 0 atom stereocenters. The lowest BCUT2D eigenvalue weighted by Crippen LogP contribution is -2.25. The number of ketones is 1. The fourth-order valence-electron chi connectivity index (χ4n) is 1.88. The molecule has 3 heteroatoms. The Kier molecular flexibility index (Phi) is 4.42. The zero-order chi connectivity index (χ0) is 12.8. The Morgan fingerprint density at radius 2 is 2.06 bits per heavy atom. The number of fused-ring (bicyclic) bond motifs is 1. The van der Waals surface area contributed by atoms with Crippen LogP contribution in [-0.2, 0) is 11.2 Å². The summed E-state index contributed by atoms with van der Waals surface area (Å²) in [6.45, 7) is 3.40. The van der Waals surface area contributed by atoms with Crippen molar-refractivity contribution in [1.29, 1.82) is 0 Å². The average molecular weight is 242 g/mol. The van der Waals surface area contributed by atoms with Crippen LogP contribution in [0.15, 0.2) is 36.4 Å². The van der Waals surface area contributed by atoms with Crippen molar-refractivity contribution < 1.29 is 4.79 Å². The van der Waals surface area contributed by atoms with Gasteiger partial charge in [0.2, 0.25) is 0 Å². The van der Waals surface area contributed by atoms with Gasteiger partial charge >= 0.3 is 0 Å². The molecule has 0 saturated carbocycles. The zero-order valence-corrected chi connectivity index (χ0v) is 10.6. The van der Waals surface area contributed by atoms with E-state index in [2.05, 4.69) is 17.2 Å². The molecule has 0 bridgehead atoms. The third-order valence-electron chi connectivity index (χ3n) is 2.78. The number of hydrogen-bond donors (Lipinski definition) is 1. The van der Waals surface area contributed by atoms with Crippen LogP contribution in [0, 0.1) is 0 Å². The van der Waals surface area contributed by atoms with Gasteiger partial charge in [0.1, 0.15) is 0 Å². The molecule has 1 heterocycles. The normalized spacial score (nSPS) is 10.7. The SMILES string of the molecule is CCCNCC(=O)Cc1ccc2ccccc2n1. The molecule has 0 fully saturated rings. The lowest BCUT2D eigenvalue weighted by molar-refractivity contribution is -0.117. The molecular formula is C15H18N2O. The van der Waals surface area contributed by atoms with Gasteiger partial charge in [0.25, 0.3) is 0 Å². The van der Waals surface area contributed by atoms with E-state index in [1.807, 2.05) is 36.4 Å². The second-order valence-electron chi connectivity index (χ2n) is 4.39.